The number of ether oxygens (including phenoxy) is 2. The van der Waals surface area contributed by atoms with Crippen LogP contribution >= 0.6 is 23.2 Å². The first-order valence-corrected chi connectivity index (χ1v) is 11.1. The standard InChI is InChI=1S/C19H20Cl2N2O5S/c20-15-5-6-17(18(11-15)29(25,26)23-7-9-27-10-8-23)28-13-19(24)22-12-14-3-1-2-4-16(14)21/h1-6,11H,7-10,12-13H2,(H,22,24). The molecule has 1 amide bonds. The van der Waals surface area contributed by atoms with Gasteiger partial charge >= 0.3 is 0 Å². The number of nitrogens with zero attached hydrogens (tertiary/aromatic N) is 1. The first kappa shape index (κ1) is 21.9. The van der Waals surface area contributed by atoms with E-state index in [2.05, 4.69) is 5.32 Å². The number of hydrogen-bond donors (Lipinski definition) is 1. The van der Waals surface area contributed by atoms with Crippen LogP contribution in [0, 0.1) is 0 Å². The largest absolute Gasteiger partial charge is 0.482 e. The number of amides is 1. The van der Waals surface area contributed by atoms with E-state index in [0.717, 1.165) is 5.56 Å². The van der Waals surface area contributed by atoms with Gasteiger partial charge in [-0.1, -0.05) is 41.4 Å². The van der Waals surface area contributed by atoms with E-state index in [-0.39, 0.29) is 41.9 Å². The maximum atomic E-state index is 13.0. The average Bonchev–Trinajstić information content (AvgIpc) is 2.73. The highest BCUT2D eigenvalue weighted by atomic mass is 35.5. The number of carbonyl (C=O) groups excluding carboxylic acids is 1. The number of carbonyl (C=O) groups is 1. The van der Waals surface area contributed by atoms with Crippen LogP contribution in [0.1, 0.15) is 5.56 Å². The van der Waals surface area contributed by atoms with Gasteiger partial charge in [-0.05, 0) is 29.8 Å². The van der Waals surface area contributed by atoms with Crippen molar-refractivity contribution in [1.82, 2.24) is 9.62 Å². The van der Waals surface area contributed by atoms with Gasteiger partial charge in [0.1, 0.15) is 10.6 Å². The molecule has 2 aromatic rings. The van der Waals surface area contributed by atoms with Crippen molar-refractivity contribution >= 4 is 39.1 Å². The number of morpholine rings is 1. The second-order valence-corrected chi connectivity index (χ2v) is 9.01. The number of sulfonamides is 1. The topological polar surface area (TPSA) is 84.9 Å². The molecular weight excluding hydrogens is 439 g/mol. The molecule has 2 aromatic carbocycles. The Morgan fingerprint density at radius 1 is 1.14 bits per heavy atom. The third-order valence-corrected chi connectivity index (χ3v) is 6.81. The molecule has 1 fully saturated rings. The Kier molecular flexibility index (Phi) is 7.37. The van der Waals surface area contributed by atoms with Crippen LogP contribution in [0.25, 0.3) is 0 Å². The Morgan fingerprint density at radius 2 is 1.86 bits per heavy atom. The molecule has 3 rings (SSSR count). The Balaban J connectivity index is 1.68. The fourth-order valence-electron chi connectivity index (χ4n) is 2.76. The van der Waals surface area contributed by atoms with E-state index in [1.54, 1.807) is 18.2 Å². The number of halogens is 2. The van der Waals surface area contributed by atoms with Crippen LogP contribution in [-0.4, -0.2) is 51.5 Å². The van der Waals surface area contributed by atoms with Gasteiger partial charge in [-0.2, -0.15) is 4.31 Å². The molecule has 0 radical (unpaired) electrons. The van der Waals surface area contributed by atoms with Crippen LogP contribution < -0.4 is 10.1 Å². The molecule has 0 saturated carbocycles. The summed E-state index contributed by atoms with van der Waals surface area (Å²) in [7, 11) is -3.83. The van der Waals surface area contributed by atoms with Crippen molar-refractivity contribution in [1.29, 1.82) is 0 Å². The zero-order valence-corrected chi connectivity index (χ0v) is 17.8. The molecule has 0 spiro atoms. The second-order valence-electron chi connectivity index (χ2n) is 6.26. The van der Waals surface area contributed by atoms with Crippen LogP contribution in [0.15, 0.2) is 47.4 Å². The lowest BCUT2D eigenvalue weighted by molar-refractivity contribution is -0.123. The highest BCUT2D eigenvalue weighted by molar-refractivity contribution is 7.89. The molecule has 29 heavy (non-hydrogen) atoms. The fourth-order valence-corrected chi connectivity index (χ4v) is 4.76. The van der Waals surface area contributed by atoms with Gasteiger partial charge in [0.25, 0.3) is 5.91 Å². The van der Waals surface area contributed by atoms with E-state index in [1.807, 2.05) is 6.07 Å². The molecule has 0 aliphatic carbocycles. The fraction of sp³-hybridized carbons (Fsp3) is 0.316. The first-order chi connectivity index (χ1) is 13.9. The highest BCUT2D eigenvalue weighted by Crippen LogP contribution is 2.30. The zero-order chi connectivity index (χ0) is 20.9. The van der Waals surface area contributed by atoms with Crippen molar-refractivity contribution in [3.8, 4) is 5.75 Å². The lowest BCUT2D eigenvalue weighted by atomic mass is 10.2. The Hall–Kier alpha value is -1.84. The van der Waals surface area contributed by atoms with Crippen LogP contribution in [-0.2, 0) is 26.1 Å². The summed E-state index contributed by atoms with van der Waals surface area (Å²) >= 11 is 12.1. The maximum Gasteiger partial charge on any atom is 0.258 e. The molecule has 1 saturated heterocycles. The van der Waals surface area contributed by atoms with Crippen molar-refractivity contribution < 1.29 is 22.7 Å². The number of benzene rings is 2. The van der Waals surface area contributed by atoms with Gasteiger partial charge in [0.15, 0.2) is 6.61 Å². The molecule has 10 heteroatoms. The maximum absolute atomic E-state index is 13.0. The molecular formula is C19H20Cl2N2O5S. The van der Waals surface area contributed by atoms with Gasteiger partial charge < -0.3 is 14.8 Å². The smallest absolute Gasteiger partial charge is 0.258 e. The van der Waals surface area contributed by atoms with Crippen molar-refractivity contribution in [2.45, 2.75) is 11.4 Å². The molecule has 1 N–H and O–H groups in total. The predicted octanol–water partition coefficient (Wildman–Crippen LogP) is 2.71. The molecule has 1 aliphatic rings. The minimum absolute atomic E-state index is 0.0637. The van der Waals surface area contributed by atoms with E-state index < -0.39 is 15.9 Å². The molecule has 7 nitrogen and oxygen atoms in total. The monoisotopic (exact) mass is 458 g/mol. The molecule has 1 heterocycles. The number of rotatable bonds is 7. The first-order valence-electron chi connectivity index (χ1n) is 8.88. The molecule has 0 aromatic heterocycles. The van der Waals surface area contributed by atoms with E-state index in [4.69, 9.17) is 32.7 Å². The third kappa shape index (κ3) is 5.61. The summed E-state index contributed by atoms with van der Waals surface area (Å²) in [4.78, 5) is 12.1. The SMILES string of the molecule is O=C(COc1ccc(Cl)cc1S(=O)(=O)N1CCOCC1)NCc1ccccc1Cl. The summed E-state index contributed by atoms with van der Waals surface area (Å²) in [5.74, 6) is -0.344. The Bertz CT molecular complexity index is 978. The van der Waals surface area contributed by atoms with E-state index >= 15 is 0 Å². The molecule has 0 unspecified atom stereocenters. The second kappa shape index (κ2) is 9.77. The average molecular weight is 459 g/mol. The van der Waals surface area contributed by atoms with Crippen molar-refractivity contribution in [2.24, 2.45) is 0 Å². The van der Waals surface area contributed by atoms with E-state index in [9.17, 15) is 13.2 Å². The van der Waals surface area contributed by atoms with Gasteiger partial charge in [0, 0.05) is 29.7 Å². The molecule has 0 atom stereocenters. The summed E-state index contributed by atoms with van der Waals surface area (Å²) in [6.07, 6.45) is 0. The molecule has 156 valence electrons. The Morgan fingerprint density at radius 3 is 2.59 bits per heavy atom. The summed E-state index contributed by atoms with van der Waals surface area (Å²) in [5, 5.41) is 3.50. The van der Waals surface area contributed by atoms with E-state index in [0.29, 0.717) is 18.2 Å². The summed E-state index contributed by atoms with van der Waals surface area (Å²) in [6, 6.07) is 11.4. The summed E-state index contributed by atoms with van der Waals surface area (Å²) in [6.45, 7) is 1.01. The van der Waals surface area contributed by atoms with E-state index in [1.165, 1.54) is 22.5 Å². The van der Waals surface area contributed by atoms with Crippen molar-refractivity contribution in [3.05, 3.63) is 58.1 Å². The minimum Gasteiger partial charge on any atom is -0.482 e. The third-order valence-electron chi connectivity index (χ3n) is 4.29. The van der Waals surface area contributed by atoms with Gasteiger partial charge in [0.2, 0.25) is 10.0 Å². The molecule has 0 bridgehead atoms. The normalized spacial score (nSPS) is 15.1. The van der Waals surface area contributed by atoms with Crippen LogP contribution in [0.2, 0.25) is 10.0 Å². The van der Waals surface area contributed by atoms with Crippen LogP contribution in [0.4, 0.5) is 0 Å². The Labute approximate surface area is 179 Å². The number of hydrogen-bond acceptors (Lipinski definition) is 5. The quantitative estimate of drug-likeness (QED) is 0.689. The highest BCUT2D eigenvalue weighted by Gasteiger charge is 2.29. The van der Waals surface area contributed by atoms with Gasteiger partial charge in [-0.25, -0.2) is 8.42 Å². The minimum atomic E-state index is -3.83. The predicted molar refractivity (Wildman–Crippen MR) is 110 cm³/mol. The van der Waals surface area contributed by atoms with Gasteiger partial charge in [0.05, 0.1) is 13.2 Å². The summed E-state index contributed by atoms with van der Waals surface area (Å²) in [5.41, 5.74) is 0.768. The lowest BCUT2D eigenvalue weighted by Gasteiger charge is -2.26. The lowest BCUT2D eigenvalue weighted by Crippen LogP contribution is -2.40. The van der Waals surface area contributed by atoms with Gasteiger partial charge in [-0.3, -0.25) is 4.79 Å². The summed E-state index contributed by atoms with van der Waals surface area (Å²) < 4.78 is 38.0. The van der Waals surface area contributed by atoms with Gasteiger partial charge in [-0.15, -0.1) is 0 Å². The molecule has 1 aliphatic heterocycles. The van der Waals surface area contributed by atoms with Crippen molar-refractivity contribution in [2.75, 3.05) is 32.9 Å². The van der Waals surface area contributed by atoms with Crippen molar-refractivity contribution in [3.63, 3.8) is 0 Å². The van der Waals surface area contributed by atoms with Crippen LogP contribution in [0.3, 0.4) is 0 Å². The zero-order valence-electron chi connectivity index (χ0n) is 15.4. The van der Waals surface area contributed by atoms with Crippen LogP contribution in [0.5, 0.6) is 5.75 Å². The number of nitrogens with one attached hydrogen (secondary N) is 1.